The van der Waals surface area contributed by atoms with Gasteiger partial charge < -0.3 is 10.1 Å². The zero-order chi connectivity index (χ0) is 18.1. The highest BCUT2D eigenvalue weighted by Crippen LogP contribution is 2.41. The van der Waals surface area contributed by atoms with Crippen molar-refractivity contribution in [2.24, 2.45) is 0 Å². The minimum absolute atomic E-state index is 0.375. The van der Waals surface area contributed by atoms with E-state index < -0.39 is 12.0 Å². The number of nitrogens with zero attached hydrogens (tertiary/aromatic N) is 3. The lowest BCUT2D eigenvalue weighted by atomic mass is 9.94. The highest BCUT2D eigenvalue weighted by Gasteiger charge is 2.36. The van der Waals surface area contributed by atoms with Crippen molar-refractivity contribution in [3.05, 3.63) is 45.1 Å². The molecule has 0 saturated heterocycles. The largest absolute Gasteiger partial charge is 0.466 e. The number of rotatable bonds is 4. The molecule has 9 heteroatoms. The van der Waals surface area contributed by atoms with Crippen molar-refractivity contribution in [2.45, 2.75) is 24.5 Å². The number of anilines is 1. The van der Waals surface area contributed by atoms with Gasteiger partial charge in [0.2, 0.25) is 11.1 Å². The SMILES string of the molecule is CCC1=C(C(=O)OC)[C@@H](c2cccc(Cl)c2Cl)n2nc(SC)nc2N1. The van der Waals surface area contributed by atoms with E-state index in [1.807, 2.05) is 19.2 Å². The number of carbonyl (C=O) groups excluding carboxylic acids is 1. The second-order valence-electron chi connectivity index (χ2n) is 5.27. The Morgan fingerprint density at radius 1 is 1.44 bits per heavy atom. The fourth-order valence-corrected chi connectivity index (χ4v) is 3.55. The Morgan fingerprint density at radius 2 is 2.20 bits per heavy atom. The molecule has 132 valence electrons. The summed E-state index contributed by atoms with van der Waals surface area (Å²) in [5.74, 6) is 0.104. The zero-order valence-electron chi connectivity index (χ0n) is 13.8. The average molecular weight is 399 g/mol. The van der Waals surface area contributed by atoms with Gasteiger partial charge in [-0.15, -0.1) is 5.10 Å². The van der Waals surface area contributed by atoms with Gasteiger partial charge in [0.1, 0.15) is 6.04 Å². The van der Waals surface area contributed by atoms with Crippen LogP contribution in [0.2, 0.25) is 10.0 Å². The Bertz CT molecular complexity index is 866. The summed E-state index contributed by atoms with van der Waals surface area (Å²) < 4.78 is 6.66. The van der Waals surface area contributed by atoms with Crippen LogP contribution < -0.4 is 5.32 Å². The van der Waals surface area contributed by atoms with Crippen LogP contribution in [-0.2, 0) is 9.53 Å². The topological polar surface area (TPSA) is 69.0 Å². The summed E-state index contributed by atoms with van der Waals surface area (Å²) in [5.41, 5.74) is 1.83. The maximum Gasteiger partial charge on any atom is 0.338 e. The van der Waals surface area contributed by atoms with Crippen LogP contribution in [0, 0.1) is 0 Å². The smallest absolute Gasteiger partial charge is 0.338 e. The summed E-state index contributed by atoms with van der Waals surface area (Å²) in [7, 11) is 1.35. The van der Waals surface area contributed by atoms with Crippen molar-refractivity contribution in [3.63, 3.8) is 0 Å². The van der Waals surface area contributed by atoms with Crippen LogP contribution in [0.3, 0.4) is 0 Å². The van der Waals surface area contributed by atoms with Crippen molar-refractivity contribution in [2.75, 3.05) is 18.7 Å². The van der Waals surface area contributed by atoms with Crippen molar-refractivity contribution < 1.29 is 9.53 Å². The number of aromatic nitrogens is 3. The first-order chi connectivity index (χ1) is 12.0. The Hall–Kier alpha value is -1.70. The van der Waals surface area contributed by atoms with Gasteiger partial charge in [0.05, 0.1) is 22.7 Å². The number of esters is 1. The Kier molecular flexibility index (Phi) is 5.27. The van der Waals surface area contributed by atoms with Crippen molar-refractivity contribution >= 4 is 46.9 Å². The predicted molar refractivity (Wildman–Crippen MR) is 99.4 cm³/mol. The number of allylic oxidation sites excluding steroid dienone is 1. The van der Waals surface area contributed by atoms with Gasteiger partial charge in [-0.1, -0.05) is 54.0 Å². The Labute approximate surface area is 159 Å². The number of methoxy groups -OCH3 is 1. The van der Waals surface area contributed by atoms with E-state index in [0.29, 0.717) is 38.7 Å². The van der Waals surface area contributed by atoms with Gasteiger partial charge in [-0.05, 0) is 18.7 Å². The van der Waals surface area contributed by atoms with E-state index in [0.717, 1.165) is 5.70 Å². The van der Waals surface area contributed by atoms with Gasteiger partial charge in [-0.25, -0.2) is 9.48 Å². The fourth-order valence-electron chi connectivity index (χ4n) is 2.79. The van der Waals surface area contributed by atoms with Crippen LogP contribution in [0.15, 0.2) is 34.6 Å². The third-order valence-electron chi connectivity index (χ3n) is 3.94. The average Bonchev–Trinajstić information content (AvgIpc) is 3.04. The van der Waals surface area contributed by atoms with E-state index in [1.165, 1.54) is 18.9 Å². The number of hydrogen-bond acceptors (Lipinski definition) is 6. The highest BCUT2D eigenvalue weighted by molar-refractivity contribution is 7.98. The molecule has 1 aromatic carbocycles. The number of thioether (sulfide) groups is 1. The van der Waals surface area contributed by atoms with E-state index in [-0.39, 0.29) is 0 Å². The number of carbonyl (C=O) groups is 1. The molecule has 0 bridgehead atoms. The monoisotopic (exact) mass is 398 g/mol. The molecule has 1 N–H and O–H groups in total. The van der Waals surface area contributed by atoms with Gasteiger partial charge in [0.25, 0.3) is 0 Å². The molecule has 2 heterocycles. The Morgan fingerprint density at radius 3 is 2.84 bits per heavy atom. The molecule has 0 aliphatic carbocycles. The molecule has 0 unspecified atom stereocenters. The van der Waals surface area contributed by atoms with Gasteiger partial charge in [-0.2, -0.15) is 4.98 Å². The van der Waals surface area contributed by atoms with E-state index in [2.05, 4.69) is 15.4 Å². The summed E-state index contributed by atoms with van der Waals surface area (Å²) in [6, 6.07) is 4.74. The number of ether oxygens (including phenoxy) is 1. The van der Waals surface area contributed by atoms with Crippen LogP contribution in [0.1, 0.15) is 24.9 Å². The lowest BCUT2D eigenvalue weighted by molar-refractivity contribution is -0.136. The predicted octanol–water partition coefficient (Wildman–Crippen LogP) is 4.16. The molecule has 1 aliphatic rings. The van der Waals surface area contributed by atoms with Crippen LogP contribution in [0.25, 0.3) is 0 Å². The zero-order valence-corrected chi connectivity index (χ0v) is 16.2. The van der Waals surface area contributed by atoms with Crippen LogP contribution >= 0.6 is 35.0 Å². The first-order valence-electron chi connectivity index (χ1n) is 7.54. The summed E-state index contributed by atoms with van der Waals surface area (Å²) in [6.45, 7) is 1.95. The van der Waals surface area contributed by atoms with E-state index >= 15 is 0 Å². The normalized spacial score (nSPS) is 16.4. The van der Waals surface area contributed by atoms with Crippen molar-refractivity contribution in [1.29, 1.82) is 0 Å². The lowest BCUT2D eigenvalue weighted by Crippen LogP contribution is -2.30. The van der Waals surface area contributed by atoms with Crippen LogP contribution in [0.5, 0.6) is 0 Å². The molecule has 1 aliphatic heterocycles. The first-order valence-corrected chi connectivity index (χ1v) is 9.52. The molecular weight excluding hydrogens is 383 g/mol. The van der Waals surface area contributed by atoms with Crippen molar-refractivity contribution in [1.82, 2.24) is 14.8 Å². The second kappa shape index (κ2) is 7.27. The van der Waals surface area contributed by atoms with E-state index in [4.69, 9.17) is 27.9 Å². The molecule has 0 saturated carbocycles. The molecule has 2 aromatic rings. The minimum Gasteiger partial charge on any atom is -0.466 e. The molecular formula is C16H16Cl2N4O2S. The maximum atomic E-state index is 12.5. The summed E-state index contributed by atoms with van der Waals surface area (Å²) in [5, 5.41) is 9.05. The fraction of sp³-hybridized carbons (Fsp3) is 0.312. The molecule has 1 aromatic heterocycles. The molecule has 0 amide bonds. The molecule has 0 fully saturated rings. The number of fused-ring (bicyclic) bond motifs is 1. The number of halogens is 2. The first kappa shape index (κ1) is 18.1. The van der Waals surface area contributed by atoms with Crippen LogP contribution in [0.4, 0.5) is 5.95 Å². The second-order valence-corrected chi connectivity index (χ2v) is 6.83. The summed E-state index contributed by atoms with van der Waals surface area (Å²) in [4.78, 5) is 17.0. The van der Waals surface area contributed by atoms with E-state index in [1.54, 1.807) is 16.8 Å². The molecule has 0 radical (unpaired) electrons. The standard InChI is InChI=1S/C16H16Cl2N4O2S/c1-4-10-11(14(23)24-2)13(8-6-5-7-9(17)12(8)18)22-15(19-10)20-16(21-22)25-3/h5-7,13H,4H2,1-3H3,(H,19,20,21)/t13-/m1/s1. The molecule has 6 nitrogen and oxygen atoms in total. The van der Waals surface area contributed by atoms with Crippen molar-refractivity contribution in [3.8, 4) is 0 Å². The Balaban J connectivity index is 2.28. The molecule has 3 rings (SSSR count). The third kappa shape index (κ3) is 3.12. The lowest BCUT2D eigenvalue weighted by Gasteiger charge is -2.29. The molecule has 0 spiro atoms. The highest BCUT2D eigenvalue weighted by atomic mass is 35.5. The molecule has 1 atom stereocenters. The molecule has 25 heavy (non-hydrogen) atoms. The summed E-state index contributed by atoms with van der Waals surface area (Å²) >= 11 is 14.1. The minimum atomic E-state index is -0.571. The third-order valence-corrected chi connectivity index (χ3v) is 5.31. The quantitative estimate of drug-likeness (QED) is 0.615. The van der Waals surface area contributed by atoms with E-state index in [9.17, 15) is 4.79 Å². The van der Waals surface area contributed by atoms with Gasteiger partial charge >= 0.3 is 5.97 Å². The van der Waals surface area contributed by atoms with Crippen LogP contribution in [-0.4, -0.2) is 34.1 Å². The summed E-state index contributed by atoms with van der Waals surface area (Å²) in [6.07, 6.45) is 2.48. The van der Waals surface area contributed by atoms with Gasteiger partial charge in [0.15, 0.2) is 0 Å². The number of hydrogen-bond donors (Lipinski definition) is 1. The maximum absolute atomic E-state index is 12.5. The van der Waals surface area contributed by atoms with Gasteiger partial charge in [0, 0.05) is 11.3 Å². The number of nitrogens with one attached hydrogen (secondary N) is 1. The van der Waals surface area contributed by atoms with Gasteiger partial charge in [-0.3, -0.25) is 0 Å². The number of benzene rings is 1.